The molecular formula is C29H55N5O15. The monoisotopic (exact) mass is 713 g/mol. The van der Waals surface area contributed by atoms with Gasteiger partial charge in [-0.05, 0) is 18.8 Å². The number of hydrogen-bond acceptors (Lipinski definition) is 20. The van der Waals surface area contributed by atoms with Crippen LogP contribution in [0, 0.1) is 5.92 Å². The van der Waals surface area contributed by atoms with Crippen LogP contribution in [0.4, 0.5) is 0 Å². The molecule has 4 fully saturated rings. The highest BCUT2D eigenvalue weighted by Crippen LogP contribution is 2.37. The maximum Gasteiger partial charge on any atom is 0.187 e. The van der Waals surface area contributed by atoms with Crippen LogP contribution in [0.25, 0.3) is 0 Å². The number of aliphatic hydroxyl groups is 8. The average molecular weight is 714 g/mol. The van der Waals surface area contributed by atoms with Crippen LogP contribution in [0.3, 0.4) is 0 Å². The van der Waals surface area contributed by atoms with Gasteiger partial charge in [-0.15, -0.1) is 0 Å². The lowest BCUT2D eigenvalue weighted by atomic mass is 9.76. The van der Waals surface area contributed by atoms with Crippen molar-refractivity contribution in [3.63, 3.8) is 0 Å². The highest BCUT2D eigenvalue weighted by molar-refractivity contribution is 5.83. The molecule has 20 atom stereocenters. The minimum absolute atomic E-state index is 0.0241. The van der Waals surface area contributed by atoms with Gasteiger partial charge >= 0.3 is 0 Å². The first-order valence-corrected chi connectivity index (χ1v) is 16.7. The summed E-state index contributed by atoms with van der Waals surface area (Å²) in [4.78, 5) is 12.9. The summed E-state index contributed by atoms with van der Waals surface area (Å²) in [5.41, 5.74) is 30.1. The molecule has 4 rings (SSSR count). The van der Waals surface area contributed by atoms with Gasteiger partial charge in [0.25, 0.3) is 0 Å². The molecule has 0 aromatic carbocycles. The van der Waals surface area contributed by atoms with E-state index in [9.17, 15) is 45.6 Å². The number of hydrogen-bond donors (Lipinski definition) is 13. The average Bonchev–Trinajstić information content (AvgIpc) is 3.38. The molecule has 0 spiro atoms. The largest absolute Gasteiger partial charge is 0.394 e. The summed E-state index contributed by atoms with van der Waals surface area (Å²) < 4.78 is 35.3. The van der Waals surface area contributed by atoms with Gasteiger partial charge in [0.1, 0.15) is 54.9 Å². The lowest BCUT2D eigenvalue weighted by Gasteiger charge is -2.47. The highest BCUT2D eigenvalue weighted by Gasteiger charge is 2.54. The van der Waals surface area contributed by atoms with Gasteiger partial charge < -0.3 is 97.9 Å². The predicted molar refractivity (Wildman–Crippen MR) is 164 cm³/mol. The first-order valence-electron chi connectivity index (χ1n) is 16.7. The third-order valence-electron chi connectivity index (χ3n) is 9.89. The van der Waals surface area contributed by atoms with Gasteiger partial charge in [0.2, 0.25) is 0 Å². The van der Waals surface area contributed by atoms with Crippen LogP contribution in [0.5, 0.6) is 0 Å². The van der Waals surface area contributed by atoms with E-state index in [1.807, 2.05) is 0 Å². The second-order valence-corrected chi connectivity index (χ2v) is 13.3. The molecule has 4 aliphatic rings. The third kappa shape index (κ3) is 8.93. The fourth-order valence-corrected chi connectivity index (χ4v) is 6.77. The molecular weight excluding hydrogens is 658 g/mol. The summed E-state index contributed by atoms with van der Waals surface area (Å²) >= 11 is 0. The number of carbonyl (C=O) groups excluding carboxylic acids is 1. The Morgan fingerprint density at radius 3 is 1.98 bits per heavy atom. The zero-order valence-electron chi connectivity index (χ0n) is 27.3. The van der Waals surface area contributed by atoms with E-state index >= 15 is 0 Å². The maximum atomic E-state index is 12.9. The van der Waals surface area contributed by atoms with E-state index in [4.69, 9.17) is 57.1 Å². The second-order valence-electron chi connectivity index (χ2n) is 13.3. The number of ketones is 1. The molecule has 20 heteroatoms. The van der Waals surface area contributed by atoms with E-state index in [1.165, 1.54) is 0 Å². The van der Waals surface area contributed by atoms with Crippen LogP contribution in [0.2, 0.25) is 0 Å². The van der Waals surface area contributed by atoms with E-state index in [0.717, 1.165) is 0 Å². The van der Waals surface area contributed by atoms with Crippen LogP contribution in [0.15, 0.2) is 0 Å². The Bertz CT molecular complexity index is 1050. The molecule has 0 unspecified atom stereocenters. The normalized spacial score (nSPS) is 47.6. The standard InChI is InChI=1S/C29H55N5O15/c1-2-12(36)20(40)14(38)4-9-3-11(32)24(47-27-17(33)13(37)5-10(6-30)44-27)26(19(9)39)49-29-23(43)25(16(8-35)46-29)48-28-18(34)22(42)21(41)15(7-31)45-28/h9-13,15-29,35-37,39-43H,2-8,30-34H2,1H3/t9-,10-,11-,12+,13+,15-,16+,17+,18+,19-,20-,21+,22+,23+,24+,25+,26+,27+,28+,29-/m0/s1. The lowest BCUT2D eigenvalue weighted by molar-refractivity contribution is -0.298. The number of Topliss-reactive ketones (excluding diaryl/α,β-unsaturated/α-hetero) is 1. The van der Waals surface area contributed by atoms with Crippen LogP contribution in [-0.2, 0) is 33.2 Å². The smallest absolute Gasteiger partial charge is 0.187 e. The summed E-state index contributed by atoms with van der Waals surface area (Å²) in [6, 6.07) is -3.30. The minimum Gasteiger partial charge on any atom is -0.394 e. The summed E-state index contributed by atoms with van der Waals surface area (Å²) in [7, 11) is 0. The summed E-state index contributed by atoms with van der Waals surface area (Å²) in [5.74, 6) is -1.67. The quantitative estimate of drug-likeness (QED) is 0.0794. The molecule has 3 heterocycles. The number of aliphatic hydroxyl groups excluding tert-OH is 8. The molecule has 1 saturated carbocycles. The Hall–Kier alpha value is -1.09. The van der Waals surface area contributed by atoms with Crippen molar-refractivity contribution in [3.8, 4) is 0 Å². The molecule has 286 valence electrons. The molecule has 0 bridgehead atoms. The SMILES string of the molecule is CC[C@@H](O)[C@H](O)C(=O)C[C@@H]1C[C@H](N)[C@@H](O[C@H]2O[C@H](CN)C[C@@H](O)[C@H]2N)[C@H](O[C@@H]2O[C@H](CO)[C@@H](O[C@H]3O[C@@H](CN)[C@@H](O)[C@H](O)[C@H]3N)[C@H]2O)[C@H]1O. The molecule has 0 amide bonds. The summed E-state index contributed by atoms with van der Waals surface area (Å²) in [5, 5.41) is 84.4. The molecule has 0 aromatic heterocycles. The first-order chi connectivity index (χ1) is 23.2. The zero-order valence-corrected chi connectivity index (χ0v) is 27.3. The number of ether oxygens (including phenoxy) is 6. The lowest BCUT2D eigenvalue weighted by Crippen LogP contribution is -2.64. The van der Waals surface area contributed by atoms with E-state index < -0.39 is 141 Å². The fourth-order valence-electron chi connectivity index (χ4n) is 6.77. The Morgan fingerprint density at radius 2 is 1.37 bits per heavy atom. The van der Waals surface area contributed by atoms with Crippen molar-refractivity contribution < 1.29 is 74.1 Å². The molecule has 20 nitrogen and oxygen atoms in total. The van der Waals surface area contributed by atoms with Crippen molar-refractivity contribution in [2.24, 2.45) is 34.6 Å². The van der Waals surface area contributed by atoms with Crippen LogP contribution in [0.1, 0.15) is 32.6 Å². The molecule has 0 radical (unpaired) electrons. The zero-order chi connectivity index (χ0) is 36.3. The predicted octanol–water partition coefficient (Wildman–Crippen LogP) is -7.49. The van der Waals surface area contributed by atoms with E-state index in [1.54, 1.807) is 6.92 Å². The Balaban J connectivity index is 1.57. The van der Waals surface area contributed by atoms with Crippen LogP contribution in [-0.4, -0.2) is 183 Å². The summed E-state index contributed by atoms with van der Waals surface area (Å²) in [6.45, 7) is 0.740. The Kier molecular flexibility index (Phi) is 14.6. The van der Waals surface area contributed by atoms with Gasteiger partial charge in [0.15, 0.2) is 24.7 Å². The van der Waals surface area contributed by atoms with Gasteiger partial charge in [-0.1, -0.05) is 6.92 Å². The van der Waals surface area contributed by atoms with Gasteiger partial charge in [0, 0.05) is 32.0 Å². The van der Waals surface area contributed by atoms with Crippen molar-refractivity contribution in [1.29, 1.82) is 0 Å². The van der Waals surface area contributed by atoms with Gasteiger partial charge in [-0.3, -0.25) is 4.79 Å². The van der Waals surface area contributed by atoms with E-state index in [-0.39, 0.29) is 32.4 Å². The topological polar surface area (TPSA) is 364 Å². The van der Waals surface area contributed by atoms with E-state index in [2.05, 4.69) is 0 Å². The first kappa shape index (κ1) is 40.7. The van der Waals surface area contributed by atoms with Crippen LogP contribution >= 0.6 is 0 Å². The fraction of sp³-hybridized carbons (Fsp3) is 0.966. The van der Waals surface area contributed by atoms with Gasteiger partial charge in [-0.25, -0.2) is 0 Å². The maximum absolute atomic E-state index is 12.9. The molecule has 49 heavy (non-hydrogen) atoms. The van der Waals surface area contributed by atoms with Crippen molar-refractivity contribution in [2.75, 3.05) is 19.7 Å². The third-order valence-corrected chi connectivity index (χ3v) is 9.89. The van der Waals surface area contributed by atoms with E-state index in [0.29, 0.717) is 0 Å². The molecule has 18 N–H and O–H groups in total. The van der Waals surface area contributed by atoms with Gasteiger partial charge in [-0.2, -0.15) is 0 Å². The summed E-state index contributed by atoms with van der Waals surface area (Å²) in [6.07, 6.45) is -21.7. The van der Waals surface area contributed by atoms with Crippen molar-refractivity contribution in [1.82, 2.24) is 0 Å². The molecule has 3 saturated heterocycles. The number of carbonyl (C=O) groups is 1. The molecule has 3 aliphatic heterocycles. The molecule has 1 aliphatic carbocycles. The van der Waals surface area contributed by atoms with Crippen molar-refractivity contribution >= 4 is 5.78 Å². The minimum atomic E-state index is -1.71. The van der Waals surface area contributed by atoms with Gasteiger partial charge in [0.05, 0.1) is 43.1 Å². The van der Waals surface area contributed by atoms with Crippen LogP contribution < -0.4 is 28.7 Å². The van der Waals surface area contributed by atoms with Crippen molar-refractivity contribution in [3.05, 3.63) is 0 Å². The molecule has 0 aromatic rings. The number of rotatable bonds is 14. The Labute approximate surface area is 283 Å². The highest BCUT2D eigenvalue weighted by atomic mass is 16.8. The second kappa shape index (κ2) is 17.6. The Morgan fingerprint density at radius 1 is 0.755 bits per heavy atom. The number of nitrogens with two attached hydrogens (primary N) is 5. The van der Waals surface area contributed by atoms with Crippen molar-refractivity contribution in [2.45, 2.75) is 149 Å².